The number of aryl methyl sites for hydroxylation is 1. The van der Waals surface area contributed by atoms with Crippen molar-refractivity contribution >= 4 is 0 Å². The maximum Gasteiger partial charge on any atom is 0.390 e. The lowest BCUT2D eigenvalue weighted by molar-refractivity contribution is -0.140. The summed E-state index contributed by atoms with van der Waals surface area (Å²) in [5, 5.41) is 0. The van der Waals surface area contributed by atoms with E-state index >= 15 is 0 Å². The number of hydrogen-bond acceptors (Lipinski definition) is 2. The lowest BCUT2D eigenvalue weighted by Gasteiger charge is -2.18. The highest BCUT2D eigenvalue weighted by Gasteiger charge is 2.32. The number of hydrazine groups is 1. The fraction of sp³-hybridized carbons (Fsp3) is 0.500. The van der Waals surface area contributed by atoms with Crippen molar-refractivity contribution in [3.8, 4) is 0 Å². The third kappa shape index (κ3) is 4.75. The first-order chi connectivity index (χ1) is 7.96. The van der Waals surface area contributed by atoms with Gasteiger partial charge in [-0.3, -0.25) is 11.3 Å². The summed E-state index contributed by atoms with van der Waals surface area (Å²) in [6.45, 7) is 2.06. The van der Waals surface area contributed by atoms with Gasteiger partial charge < -0.3 is 0 Å². The number of benzene rings is 1. The monoisotopic (exact) mass is 246 g/mol. The van der Waals surface area contributed by atoms with Crippen LogP contribution in [0.25, 0.3) is 0 Å². The number of hydrogen-bond donors (Lipinski definition) is 2. The molecule has 17 heavy (non-hydrogen) atoms. The van der Waals surface area contributed by atoms with Crippen LogP contribution in [-0.2, 0) is 6.42 Å². The first kappa shape index (κ1) is 14.0. The molecule has 0 fully saturated rings. The molecule has 1 rings (SSSR count). The Morgan fingerprint density at radius 1 is 1.24 bits per heavy atom. The smallest absolute Gasteiger partial charge is 0.271 e. The summed E-state index contributed by atoms with van der Waals surface area (Å²) in [7, 11) is 0. The molecule has 2 nitrogen and oxygen atoms in total. The topological polar surface area (TPSA) is 38.0 Å². The Balaban J connectivity index is 2.75. The normalized spacial score (nSPS) is 13.7. The number of halogens is 3. The van der Waals surface area contributed by atoms with Crippen LogP contribution in [0.1, 0.15) is 36.9 Å². The molecule has 0 heterocycles. The molecule has 0 bridgehead atoms. The van der Waals surface area contributed by atoms with Crippen LogP contribution in [0.3, 0.4) is 0 Å². The molecular weight excluding hydrogens is 229 g/mol. The van der Waals surface area contributed by atoms with Crippen molar-refractivity contribution in [2.24, 2.45) is 5.84 Å². The summed E-state index contributed by atoms with van der Waals surface area (Å²) < 4.78 is 36.8. The zero-order chi connectivity index (χ0) is 12.9. The van der Waals surface area contributed by atoms with Crippen LogP contribution >= 0.6 is 0 Å². The standard InChI is InChI=1S/C12H17F3N2/c1-2-3-9-4-6-10(7-5-9)11(17-16)8-12(13,14)15/h4-7,11,17H,2-3,8,16H2,1H3. The maximum atomic E-state index is 12.3. The van der Waals surface area contributed by atoms with Crippen LogP contribution in [0, 0.1) is 0 Å². The fourth-order valence-electron chi connectivity index (χ4n) is 1.71. The predicted octanol–water partition coefficient (Wildman–Crippen LogP) is 3.10. The van der Waals surface area contributed by atoms with E-state index < -0.39 is 18.6 Å². The number of alkyl halides is 3. The number of nitrogens with one attached hydrogen (secondary N) is 1. The number of nitrogens with two attached hydrogens (primary N) is 1. The second-order valence-corrected chi connectivity index (χ2v) is 4.03. The molecule has 0 aromatic heterocycles. The van der Waals surface area contributed by atoms with Gasteiger partial charge in [0, 0.05) is 0 Å². The summed E-state index contributed by atoms with van der Waals surface area (Å²) in [4.78, 5) is 0. The Kier molecular flexibility index (Phi) is 4.96. The molecule has 0 aliphatic heterocycles. The van der Waals surface area contributed by atoms with Crippen LogP contribution < -0.4 is 11.3 Å². The van der Waals surface area contributed by atoms with E-state index in [1.807, 2.05) is 12.1 Å². The van der Waals surface area contributed by atoms with Crippen molar-refractivity contribution in [2.75, 3.05) is 0 Å². The van der Waals surface area contributed by atoms with Crippen molar-refractivity contribution in [3.05, 3.63) is 35.4 Å². The van der Waals surface area contributed by atoms with Crippen molar-refractivity contribution in [1.82, 2.24) is 5.43 Å². The van der Waals surface area contributed by atoms with Crippen LogP contribution in [0.15, 0.2) is 24.3 Å². The summed E-state index contributed by atoms with van der Waals surface area (Å²) in [5.74, 6) is 5.16. The summed E-state index contributed by atoms with van der Waals surface area (Å²) >= 11 is 0. The Morgan fingerprint density at radius 2 is 1.82 bits per heavy atom. The SMILES string of the molecule is CCCc1ccc(C(CC(F)(F)F)NN)cc1. The molecule has 0 amide bonds. The summed E-state index contributed by atoms with van der Waals surface area (Å²) in [5.41, 5.74) is 3.89. The molecule has 0 saturated heterocycles. The van der Waals surface area contributed by atoms with Gasteiger partial charge in [-0.05, 0) is 17.5 Å². The van der Waals surface area contributed by atoms with Crippen LogP contribution in [-0.4, -0.2) is 6.18 Å². The van der Waals surface area contributed by atoms with Crippen molar-refractivity contribution in [3.63, 3.8) is 0 Å². The Labute approximate surface area is 99.0 Å². The van der Waals surface area contributed by atoms with Gasteiger partial charge in [0.05, 0.1) is 12.5 Å². The molecular formula is C12H17F3N2. The van der Waals surface area contributed by atoms with Gasteiger partial charge in [-0.25, -0.2) is 0 Å². The summed E-state index contributed by atoms with van der Waals surface area (Å²) in [6.07, 6.45) is -3.24. The lowest BCUT2D eigenvalue weighted by Crippen LogP contribution is -2.31. The maximum absolute atomic E-state index is 12.3. The first-order valence-corrected chi connectivity index (χ1v) is 5.58. The third-order valence-corrected chi connectivity index (χ3v) is 2.56. The van der Waals surface area contributed by atoms with E-state index in [4.69, 9.17) is 5.84 Å². The predicted molar refractivity (Wildman–Crippen MR) is 61.2 cm³/mol. The van der Waals surface area contributed by atoms with E-state index in [-0.39, 0.29) is 0 Å². The largest absolute Gasteiger partial charge is 0.390 e. The minimum absolute atomic E-state index is 0.560. The van der Waals surface area contributed by atoms with Gasteiger partial charge in [-0.15, -0.1) is 0 Å². The van der Waals surface area contributed by atoms with E-state index in [0.717, 1.165) is 18.4 Å². The van der Waals surface area contributed by atoms with Gasteiger partial charge in [-0.1, -0.05) is 37.6 Å². The zero-order valence-electron chi connectivity index (χ0n) is 9.72. The van der Waals surface area contributed by atoms with Crippen molar-refractivity contribution < 1.29 is 13.2 Å². The van der Waals surface area contributed by atoms with Gasteiger partial charge in [0.1, 0.15) is 0 Å². The molecule has 0 aliphatic carbocycles. The van der Waals surface area contributed by atoms with Crippen LogP contribution in [0.5, 0.6) is 0 Å². The highest BCUT2D eigenvalue weighted by Crippen LogP contribution is 2.29. The molecule has 5 heteroatoms. The first-order valence-electron chi connectivity index (χ1n) is 5.58. The average Bonchev–Trinajstić information content (AvgIpc) is 2.26. The van der Waals surface area contributed by atoms with Gasteiger partial charge in [-0.2, -0.15) is 13.2 Å². The third-order valence-electron chi connectivity index (χ3n) is 2.56. The minimum Gasteiger partial charge on any atom is -0.271 e. The molecule has 1 atom stereocenters. The van der Waals surface area contributed by atoms with E-state index in [1.54, 1.807) is 12.1 Å². The molecule has 96 valence electrons. The molecule has 1 unspecified atom stereocenters. The quantitative estimate of drug-likeness (QED) is 0.619. The molecule has 1 aromatic rings. The van der Waals surface area contributed by atoms with Crippen LogP contribution in [0.2, 0.25) is 0 Å². The Hall–Kier alpha value is -1.07. The van der Waals surface area contributed by atoms with Crippen molar-refractivity contribution in [2.45, 2.75) is 38.4 Å². The second-order valence-electron chi connectivity index (χ2n) is 4.03. The molecule has 1 aromatic carbocycles. The molecule has 0 saturated carbocycles. The minimum atomic E-state index is -4.22. The fourth-order valence-corrected chi connectivity index (χ4v) is 1.71. The lowest BCUT2D eigenvalue weighted by atomic mass is 10.0. The van der Waals surface area contributed by atoms with Gasteiger partial charge in [0.15, 0.2) is 0 Å². The molecule has 3 N–H and O–H groups in total. The average molecular weight is 246 g/mol. The van der Waals surface area contributed by atoms with E-state index in [2.05, 4.69) is 12.3 Å². The van der Waals surface area contributed by atoms with Gasteiger partial charge >= 0.3 is 6.18 Å². The van der Waals surface area contributed by atoms with E-state index in [9.17, 15) is 13.2 Å². The van der Waals surface area contributed by atoms with E-state index in [0.29, 0.717) is 5.56 Å². The van der Waals surface area contributed by atoms with Crippen LogP contribution in [0.4, 0.5) is 13.2 Å². The Bertz CT molecular complexity index is 333. The Morgan fingerprint density at radius 3 is 2.24 bits per heavy atom. The number of rotatable bonds is 5. The molecule has 0 aliphatic rings. The summed E-state index contributed by atoms with van der Waals surface area (Å²) in [6, 6.07) is 6.20. The van der Waals surface area contributed by atoms with Gasteiger partial charge in [0.25, 0.3) is 0 Å². The molecule has 0 radical (unpaired) electrons. The van der Waals surface area contributed by atoms with E-state index in [1.165, 1.54) is 0 Å². The van der Waals surface area contributed by atoms with Crippen molar-refractivity contribution in [1.29, 1.82) is 0 Å². The highest BCUT2D eigenvalue weighted by molar-refractivity contribution is 5.25. The zero-order valence-corrected chi connectivity index (χ0v) is 9.72. The highest BCUT2D eigenvalue weighted by atomic mass is 19.4. The molecule has 0 spiro atoms. The van der Waals surface area contributed by atoms with Gasteiger partial charge in [0.2, 0.25) is 0 Å². The second kappa shape index (κ2) is 6.02.